The van der Waals surface area contributed by atoms with E-state index in [1.807, 2.05) is 12.4 Å². The first kappa shape index (κ1) is 12.5. The van der Waals surface area contributed by atoms with Crippen LogP contribution in [0.2, 0.25) is 0 Å². The van der Waals surface area contributed by atoms with Crippen LogP contribution < -0.4 is 26.5 Å². The summed E-state index contributed by atoms with van der Waals surface area (Å²) >= 11 is 0.0959. The predicted octanol–water partition coefficient (Wildman–Crippen LogP) is -0.603. The van der Waals surface area contributed by atoms with Gasteiger partial charge in [0.25, 0.3) is 0 Å². The molecule has 0 saturated heterocycles. The van der Waals surface area contributed by atoms with Gasteiger partial charge in [-0.3, -0.25) is 0 Å². The molecule has 3 nitrogen and oxygen atoms in total. The van der Waals surface area contributed by atoms with Crippen LogP contribution in [0.15, 0.2) is 34.5 Å². The van der Waals surface area contributed by atoms with E-state index in [1.54, 1.807) is 6.33 Å². The van der Waals surface area contributed by atoms with Crippen molar-refractivity contribution in [2.24, 2.45) is 5.41 Å². The van der Waals surface area contributed by atoms with Gasteiger partial charge in [-0.25, -0.2) is 0 Å². The molecule has 0 unspecified atom stereocenters. The van der Waals surface area contributed by atoms with E-state index in [4.69, 9.17) is 0 Å². The van der Waals surface area contributed by atoms with E-state index < -0.39 is 0 Å². The van der Waals surface area contributed by atoms with Crippen LogP contribution >= 0.6 is 0 Å². The molecule has 92 valence electrons. The van der Waals surface area contributed by atoms with Crippen molar-refractivity contribution < 1.29 is 21.2 Å². The molecule has 2 heterocycles. The standard InChI is InChI=1S/C13H17IN3/c1-13(2,3)11-4-12(17-8-14-5-11)10-6-15-9-16-7-10/h4-7,9,17H,8H2,1-3H3/q-1. The summed E-state index contributed by atoms with van der Waals surface area (Å²) in [7, 11) is 0. The summed E-state index contributed by atoms with van der Waals surface area (Å²) in [5, 5.41) is 3.48. The predicted molar refractivity (Wildman–Crippen MR) is 65.5 cm³/mol. The Balaban J connectivity index is 2.35. The Morgan fingerprint density at radius 2 is 1.94 bits per heavy atom. The van der Waals surface area contributed by atoms with Crippen molar-refractivity contribution >= 4 is 5.70 Å². The second-order valence-electron chi connectivity index (χ2n) is 4.96. The number of allylic oxidation sites excluding steroid dienone is 2. The molecule has 17 heavy (non-hydrogen) atoms. The number of hydrogen-bond acceptors (Lipinski definition) is 3. The number of hydrogen-bond donors (Lipinski definition) is 1. The maximum absolute atomic E-state index is 4.08. The van der Waals surface area contributed by atoms with Gasteiger partial charge in [0.15, 0.2) is 0 Å². The van der Waals surface area contributed by atoms with E-state index in [0.717, 1.165) is 15.8 Å². The van der Waals surface area contributed by atoms with Crippen LogP contribution in [0.3, 0.4) is 0 Å². The molecular weight excluding hydrogens is 325 g/mol. The minimum absolute atomic E-state index is 0.0959. The number of aromatic nitrogens is 2. The van der Waals surface area contributed by atoms with Crippen molar-refractivity contribution in [3.05, 3.63) is 40.0 Å². The molecule has 1 aromatic heterocycles. The van der Waals surface area contributed by atoms with Crippen LogP contribution in [0.5, 0.6) is 0 Å². The van der Waals surface area contributed by atoms with Crippen LogP contribution in [0.1, 0.15) is 26.3 Å². The number of nitrogens with one attached hydrogen (secondary N) is 1. The fourth-order valence-electron chi connectivity index (χ4n) is 1.47. The van der Waals surface area contributed by atoms with Crippen molar-refractivity contribution in [2.75, 3.05) is 4.55 Å². The third-order valence-corrected chi connectivity index (χ3v) is 4.50. The van der Waals surface area contributed by atoms with Crippen LogP contribution in [-0.4, -0.2) is 14.5 Å². The fourth-order valence-corrected chi connectivity index (χ4v) is 3.91. The molecule has 0 atom stereocenters. The van der Waals surface area contributed by atoms with Crippen molar-refractivity contribution in [1.29, 1.82) is 0 Å². The average Bonchev–Trinajstić information content (AvgIpc) is 2.55. The van der Waals surface area contributed by atoms with Crippen molar-refractivity contribution in [2.45, 2.75) is 20.8 Å². The zero-order valence-electron chi connectivity index (χ0n) is 10.4. The summed E-state index contributed by atoms with van der Waals surface area (Å²) in [4.78, 5) is 8.15. The molecule has 0 radical (unpaired) electrons. The summed E-state index contributed by atoms with van der Waals surface area (Å²) < 4.78 is 3.49. The van der Waals surface area contributed by atoms with E-state index in [0.29, 0.717) is 0 Å². The van der Waals surface area contributed by atoms with E-state index in [9.17, 15) is 0 Å². The molecule has 1 aromatic rings. The molecule has 1 aliphatic heterocycles. The van der Waals surface area contributed by atoms with Crippen LogP contribution in [-0.2, 0) is 0 Å². The Bertz CT molecular complexity index is 443. The fraction of sp³-hybridized carbons (Fsp3) is 0.385. The third kappa shape index (κ3) is 3.28. The van der Waals surface area contributed by atoms with Gasteiger partial charge in [-0.05, 0) is 0 Å². The monoisotopic (exact) mass is 342 g/mol. The molecule has 0 aliphatic carbocycles. The molecule has 1 N–H and O–H groups in total. The van der Waals surface area contributed by atoms with E-state index in [-0.39, 0.29) is 26.6 Å². The summed E-state index contributed by atoms with van der Waals surface area (Å²) in [6.45, 7) is 6.76. The van der Waals surface area contributed by atoms with E-state index in [1.165, 1.54) is 5.57 Å². The number of halogens is 1. The molecular formula is C13H17IN3-. The van der Waals surface area contributed by atoms with Gasteiger partial charge in [0, 0.05) is 0 Å². The molecule has 2 rings (SSSR count). The third-order valence-electron chi connectivity index (χ3n) is 2.57. The Hall–Kier alpha value is -0.910. The zero-order chi connectivity index (χ0) is 12.3. The molecule has 1 aliphatic rings. The summed E-state index contributed by atoms with van der Waals surface area (Å²) in [5.41, 5.74) is 3.82. The SMILES string of the molecule is CC(C)(C)C1=C[I-]CNC(c2cncnc2)=C1. The topological polar surface area (TPSA) is 37.8 Å². The van der Waals surface area contributed by atoms with Crippen LogP contribution in [0.25, 0.3) is 5.70 Å². The van der Waals surface area contributed by atoms with Crippen LogP contribution in [0, 0.1) is 5.41 Å². The zero-order valence-corrected chi connectivity index (χ0v) is 12.5. The number of nitrogens with zero attached hydrogens (tertiary/aromatic N) is 2. The Kier molecular flexibility index (Phi) is 3.81. The molecule has 0 amide bonds. The van der Waals surface area contributed by atoms with Crippen molar-refractivity contribution in [1.82, 2.24) is 15.3 Å². The molecule has 0 bridgehead atoms. The first-order valence-corrected chi connectivity index (χ1v) is 8.34. The van der Waals surface area contributed by atoms with Gasteiger partial charge in [-0.15, -0.1) is 0 Å². The van der Waals surface area contributed by atoms with Crippen molar-refractivity contribution in [3.8, 4) is 0 Å². The normalized spacial score (nSPS) is 17.1. The van der Waals surface area contributed by atoms with Gasteiger partial charge in [0.2, 0.25) is 0 Å². The molecule has 4 heteroatoms. The first-order chi connectivity index (χ1) is 8.07. The quantitative estimate of drug-likeness (QED) is 0.421. The van der Waals surface area contributed by atoms with Gasteiger partial charge in [0.05, 0.1) is 0 Å². The van der Waals surface area contributed by atoms with Crippen LogP contribution in [0.4, 0.5) is 0 Å². The summed E-state index contributed by atoms with van der Waals surface area (Å²) in [6, 6.07) is 0. The van der Waals surface area contributed by atoms with Crippen molar-refractivity contribution in [3.63, 3.8) is 0 Å². The second-order valence-corrected chi connectivity index (χ2v) is 7.23. The number of rotatable bonds is 1. The Labute approximate surface area is 113 Å². The van der Waals surface area contributed by atoms with E-state index >= 15 is 0 Å². The van der Waals surface area contributed by atoms with E-state index in [2.05, 4.69) is 46.2 Å². The second kappa shape index (κ2) is 5.16. The summed E-state index contributed by atoms with van der Waals surface area (Å²) in [6.07, 6.45) is 7.52. The van der Waals surface area contributed by atoms with Gasteiger partial charge >= 0.3 is 113 Å². The van der Waals surface area contributed by atoms with Gasteiger partial charge in [-0.1, -0.05) is 0 Å². The summed E-state index contributed by atoms with van der Waals surface area (Å²) in [5.74, 6) is 0. The molecule has 0 aromatic carbocycles. The van der Waals surface area contributed by atoms with Gasteiger partial charge < -0.3 is 0 Å². The molecule has 0 saturated carbocycles. The number of alkyl halides is 1. The maximum atomic E-state index is 4.08. The molecule has 0 spiro atoms. The first-order valence-electron chi connectivity index (χ1n) is 5.57. The average molecular weight is 342 g/mol. The molecule has 0 fully saturated rings. The van der Waals surface area contributed by atoms with Gasteiger partial charge in [0.1, 0.15) is 0 Å². The minimum atomic E-state index is 0.0959. The Morgan fingerprint density at radius 1 is 1.24 bits per heavy atom. The Morgan fingerprint density at radius 3 is 2.59 bits per heavy atom. The van der Waals surface area contributed by atoms with Gasteiger partial charge in [-0.2, -0.15) is 0 Å².